The molecule has 1 aromatic carbocycles. The van der Waals surface area contributed by atoms with Gasteiger partial charge in [-0.05, 0) is 67.0 Å². The molecule has 0 bridgehead atoms. The van der Waals surface area contributed by atoms with Crippen LogP contribution in [0.5, 0.6) is 11.5 Å². The van der Waals surface area contributed by atoms with Gasteiger partial charge < -0.3 is 33.6 Å². The van der Waals surface area contributed by atoms with Crippen LogP contribution in [0.3, 0.4) is 0 Å². The number of piperazine rings is 1. The number of ether oxygens (including phenoxy) is 4. The predicted octanol–water partition coefficient (Wildman–Crippen LogP) is 5.25. The summed E-state index contributed by atoms with van der Waals surface area (Å²) in [6, 6.07) is 2.80. The molecule has 0 radical (unpaired) electrons. The molecule has 3 atom stereocenters. The highest BCUT2D eigenvalue weighted by Gasteiger charge is 2.44. The van der Waals surface area contributed by atoms with Gasteiger partial charge in [-0.2, -0.15) is 8.42 Å². The molecule has 3 aliphatic rings. The molecule has 5 rings (SSSR count). The highest BCUT2D eigenvalue weighted by molar-refractivity contribution is 7.86. The number of carbonyl (C=O) groups is 3. The Morgan fingerprint density at radius 3 is 2.34 bits per heavy atom. The second kappa shape index (κ2) is 13.7. The molecule has 17 heteroatoms. The Balaban J connectivity index is 1.62. The van der Waals surface area contributed by atoms with Crippen LogP contribution in [0.1, 0.15) is 65.2 Å². The van der Waals surface area contributed by atoms with Crippen LogP contribution in [0.2, 0.25) is 5.02 Å². The molecule has 1 unspecified atom stereocenters. The second-order valence-corrected chi connectivity index (χ2v) is 16.5. The van der Waals surface area contributed by atoms with E-state index in [0.29, 0.717) is 0 Å². The number of amides is 2. The molecule has 14 nitrogen and oxygen atoms in total. The molecule has 0 N–H and O–H groups in total. The van der Waals surface area contributed by atoms with Gasteiger partial charge in [-0.3, -0.25) is 8.98 Å². The van der Waals surface area contributed by atoms with Gasteiger partial charge in [-0.15, -0.1) is 0 Å². The summed E-state index contributed by atoms with van der Waals surface area (Å²) < 4.78 is 67.7. The van der Waals surface area contributed by atoms with Gasteiger partial charge in [0.15, 0.2) is 5.75 Å². The molecule has 0 spiro atoms. The smallest absolute Gasteiger partial charge is 0.489 e. The SMILES string of the molecule is C[C@H]1C[C@@H](OS(C)(=O)=O)CN1c1nc(-c2c(F)cccc2OC(=O)OC(C)(C)C)c(Cl)c2c1C(=O)N1CCN(C(=O)OC(C)(C)C)CC1CO2. The fraction of sp³-hybridized carbons (Fsp3) is 0.576. The van der Waals surface area contributed by atoms with Gasteiger partial charge in [0.25, 0.3) is 16.0 Å². The first kappa shape index (κ1) is 37.4. The lowest BCUT2D eigenvalue weighted by atomic mass is 10.0. The lowest BCUT2D eigenvalue weighted by molar-refractivity contribution is 0.000934. The van der Waals surface area contributed by atoms with Crippen molar-refractivity contribution in [2.24, 2.45) is 0 Å². The van der Waals surface area contributed by atoms with Crippen LogP contribution in [0.4, 0.5) is 19.8 Å². The van der Waals surface area contributed by atoms with Crippen LogP contribution in [0.15, 0.2) is 18.2 Å². The molecule has 274 valence electrons. The second-order valence-electron chi connectivity index (χ2n) is 14.5. The van der Waals surface area contributed by atoms with Crippen molar-refractivity contribution in [3.63, 3.8) is 0 Å². The molecule has 2 fully saturated rings. The monoisotopic (exact) mass is 740 g/mol. The Bertz CT molecular complexity index is 1800. The first-order chi connectivity index (χ1) is 23.1. The van der Waals surface area contributed by atoms with Crippen LogP contribution in [0, 0.1) is 5.82 Å². The van der Waals surface area contributed by atoms with Gasteiger partial charge in [0.1, 0.15) is 51.5 Å². The number of fused-ring (bicyclic) bond motifs is 2. The summed E-state index contributed by atoms with van der Waals surface area (Å²) in [6.45, 7) is 12.4. The van der Waals surface area contributed by atoms with Gasteiger partial charge in [-0.1, -0.05) is 17.7 Å². The number of anilines is 1. The molecular formula is C33H42ClFN4O10S. The molecule has 2 saturated heterocycles. The standard InChI is InChI=1S/C33H42ClFN4O10S/c1-18-14-20(49-50(8,43)44)16-39(18)28-24-27(45-17-19-15-37(12-13-38(19)29(24)40)30(41)47-32(2,3)4)25(34)26(36-28)23-21(35)10-9-11-22(23)46-31(42)48-33(5,6)7/h9-11,18-20H,12-17H2,1-8H3/t18-,19?,20+/m0/s1. The molecule has 2 amide bonds. The molecule has 1 aromatic heterocycles. The van der Waals surface area contributed by atoms with Gasteiger partial charge in [0, 0.05) is 32.2 Å². The molecule has 50 heavy (non-hydrogen) atoms. The summed E-state index contributed by atoms with van der Waals surface area (Å²) in [5, 5.41) is -0.226. The summed E-state index contributed by atoms with van der Waals surface area (Å²) in [5.74, 6) is -1.65. The summed E-state index contributed by atoms with van der Waals surface area (Å²) in [5.41, 5.74) is -2.15. The number of halogens is 2. The number of pyridine rings is 1. The maximum Gasteiger partial charge on any atom is 0.514 e. The van der Waals surface area contributed by atoms with E-state index in [9.17, 15) is 22.8 Å². The van der Waals surface area contributed by atoms with Crippen molar-refractivity contribution in [3.8, 4) is 22.8 Å². The van der Waals surface area contributed by atoms with E-state index >= 15 is 4.39 Å². The zero-order valence-electron chi connectivity index (χ0n) is 29.2. The normalized spacial score (nSPS) is 21.2. The predicted molar refractivity (Wildman–Crippen MR) is 181 cm³/mol. The average molecular weight is 741 g/mol. The van der Waals surface area contributed by atoms with Crippen molar-refractivity contribution in [2.75, 3.05) is 43.9 Å². The Morgan fingerprint density at radius 1 is 1.02 bits per heavy atom. The zero-order chi connectivity index (χ0) is 36.9. The van der Waals surface area contributed by atoms with Crippen molar-refractivity contribution in [1.82, 2.24) is 14.8 Å². The zero-order valence-corrected chi connectivity index (χ0v) is 30.8. The third-order valence-corrected chi connectivity index (χ3v) is 8.99. The Morgan fingerprint density at radius 2 is 1.70 bits per heavy atom. The van der Waals surface area contributed by atoms with Gasteiger partial charge in [0.2, 0.25) is 0 Å². The highest BCUT2D eigenvalue weighted by Crippen LogP contribution is 2.47. The van der Waals surface area contributed by atoms with Crippen molar-refractivity contribution in [3.05, 3.63) is 34.6 Å². The Kier molecular flexibility index (Phi) is 10.2. The van der Waals surface area contributed by atoms with Crippen LogP contribution in [0.25, 0.3) is 11.3 Å². The molecule has 2 aromatic rings. The average Bonchev–Trinajstić information content (AvgIpc) is 3.24. The summed E-state index contributed by atoms with van der Waals surface area (Å²) in [6.07, 6.45) is -1.19. The number of hydrogen-bond acceptors (Lipinski definition) is 12. The first-order valence-corrected chi connectivity index (χ1v) is 18.3. The maximum absolute atomic E-state index is 15.8. The molecular weight excluding hydrogens is 699 g/mol. The largest absolute Gasteiger partial charge is 0.514 e. The highest BCUT2D eigenvalue weighted by atomic mass is 35.5. The molecule has 3 aliphatic heterocycles. The molecule has 0 aliphatic carbocycles. The van der Waals surface area contributed by atoms with E-state index in [2.05, 4.69) is 0 Å². The van der Waals surface area contributed by atoms with E-state index in [0.717, 1.165) is 12.3 Å². The summed E-state index contributed by atoms with van der Waals surface area (Å²) in [7, 11) is -3.82. The van der Waals surface area contributed by atoms with E-state index in [1.54, 1.807) is 58.3 Å². The van der Waals surface area contributed by atoms with E-state index in [4.69, 9.17) is 39.7 Å². The number of hydrogen-bond donors (Lipinski definition) is 0. The lowest BCUT2D eigenvalue weighted by Gasteiger charge is -2.40. The molecule has 4 heterocycles. The van der Waals surface area contributed by atoms with E-state index in [1.165, 1.54) is 17.0 Å². The van der Waals surface area contributed by atoms with Crippen LogP contribution < -0.4 is 14.4 Å². The summed E-state index contributed by atoms with van der Waals surface area (Å²) >= 11 is 6.96. The number of aromatic nitrogens is 1. The number of nitrogens with zero attached hydrogens (tertiary/aromatic N) is 4. The Hall–Kier alpha value is -3.89. The van der Waals surface area contributed by atoms with E-state index < -0.39 is 63.5 Å². The van der Waals surface area contributed by atoms with Crippen LogP contribution in [-0.2, 0) is 23.8 Å². The van der Waals surface area contributed by atoms with Gasteiger partial charge >= 0.3 is 12.2 Å². The van der Waals surface area contributed by atoms with E-state index in [-0.39, 0.29) is 78.4 Å². The quantitative estimate of drug-likeness (QED) is 0.223. The number of benzene rings is 1. The summed E-state index contributed by atoms with van der Waals surface area (Å²) in [4.78, 5) is 49.6. The Labute approximate surface area is 295 Å². The van der Waals surface area contributed by atoms with Crippen LogP contribution >= 0.6 is 11.6 Å². The minimum atomic E-state index is -3.82. The fourth-order valence-corrected chi connectivity index (χ4v) is 7.01. The van der Waals surface area contributed by atoms with Gasteiger partial charge in [0.05, 0.1) is 24.0 Å². The van der Waals surface area contributed by atoms with Crippen molar-refractivity contribution >= 4 is 45.7 Å². The van der Waals surface area contributed by atoms with Crippen molar-refractivity contribution in [2.45, 2.75) is 84.3 Å². The maximum atomic E-state index is 15.8. The minimum absolute atomic E-state index is 0.0103. The third kappa shape index (κ3) is 8.35. The van der Waals surface area contributed by atoms with Crippen molar-refractivity contribution < 1.29 is 50.3 Å². The number of rotatable bonds is 5. The van der Waals surface area contributed by atoms with Gasteiger partial charge in [-0.25, -0.2) is 19.0 Å². The lowest BCUT2D eigenvalue weighted by Crippen LogP contribution is -2.58. The number of carbonyl (C=O) groups excluding carboxylic acids is 3. The fourth-order valence-electron chi connectivity index (χ4n) is 6.09. The third-order valence-electron chi connectivity index (χ3n) is 8.02. The molecule has 0 saturated carbocycles. The van der Waals surface area contributed by atoms with E-state index in [1.807, 2.05) is 0 Å². The minimum Gasteiger partial charge on any atom is -0.489 e. The van der Waals surface area contributed by atoms with Crippen LogP contribution in [-0.4, -0.2) is 110 Å². The topological polar surface area (TPSA) is 154 Å². The first-order valence-electron chi connectivity index (χ1n) is 16.1. The van der Waals surface area contributed by atoms with Crippen molar-refractivity contribution in [1.29, 1.82) is 0 Å².